The first kappa shape index (κ1) is 14.2. The fraction of sp³-hybridized carbons (Fsp3) is 0.429. The zero-order valence-corrected chi connectivity index (χ0v) is 11.4. The number of thioether (sulfide) groups is 1. The van der Waals surface area contributed by atoms with Crippen molar-refractivity contribution in [3.05, 3.63) is 35.9 Å². The summed E-state index contributed by atoms with van der Waals surface area (Å²) in [6, 6.07) is 8.06. The Hall–Kier alpha value is -1.26. The highest BCUT2D eigenvalue weighted by Gasteiger charge is 2.15. The van der Waals surface area contributed by atoms with Crippen molar-refractivity contribution in [2.24, 2.45) is 0 Å². The van der Waals surface area contributed by atoms with E-state index in [-0.39, 0.29) is 13.4 Å². The summed E-state index contributed by atoms with van der Waals surface area (Å²) in [6.45, 7) is 1.45. The van der Waals surface area contributed by atoms with E-state index in [9.17, 15) is 4.79 Å². The van der Waals surface area contributed by atoms with Crippen molar-refractivity contribution in [3.8, 4) is 5.75 Å². The Labute approximate surface area is 117 Å². The number of hydrogen-bond donors (Lipinski definition) is 1. The molecule has 0 aromatic heterocycles. The highest BCUT2D eigenvalue weighted by Crippen LogP contribution is 2.21. The first-order valence-corrected chi connectivity index (χ1v) is 7.24. The van der Waals surface area contributed by atoms with Crippen LogP contribution in [0.15, 0.2) is 30.3 Å². The average molecular weight is 279 g/mol. The first-order chi connectivity index (χ1) is 9.38. The zero-order valence-electron chi connectivity index (χ0n) is 10.6. The minimum absolute atomic E-state index is 0.139. The van der Waals surface area contributed by atoms with Crippen LogP contribution in [0, 0.1) is 0 Å². The molecule has 1 heterocycles. The molecule has 1 aromatic carbocycles. The van der Waals surface area contributed by atoms with Crippen molar-refractivity contribution in [2.75, 3.05) is 25.8 Å². The van der Waals surface area contributed by atoms with Crippen LogP contribution >= 0.6 is 11.8 Å². The first-order valence-electron chi connectivity index (χ1n) is 6.19. The van der Waals surface area contributed by atoms with Gasteiger partial charge in [-0.1, -0.05) is 12.1 Å². The monoisotopic (exact) mass is 279 g/mol. The molecule has 1 fully saturated rings. The van der Waals surface area contributed by atoms with Crippen molar-refractivity contribution in [2.45, 2.75) is 11.7 Å². The van der Waals surface area contributed by atoms with E-state index in [2.05, 4.69) is 17.4 Å². The van der Waals surface area contributed by atoms with Gasteiger partial charge in [0.15, 0.2) is 6.79 Å². The van der Waals surface area contributed by atoms with Crippen LogP contribution < -0.4 is 10.1 Å². The molecule has 1 saturated heterocycles. The normalized spacial score (nSPS) is 18.0. The maximum atomic E-state index is 9.91. The molecule has 1 aliphatic rings. The lowest BCUT2D eigenvalue weighted by atomic mass is 10.1. The molecule has 0 saturated carbocycles. The van der Waals surface area contributed by atoms with Crippen molar-refractivity contribution in [3.63, 3.8) is 0 Å². The predicted molar refractivity (Wildman–Crippen MR) is 76.1 cm³/mol. The second-order valence-corrected chi connectivity index (χ2v) is 5.48. The van der Waals surface area contributed by atoms with E-state index in [0.29, 0.717) is 5.25 Å². The zero-order chi connectivity index (χ0) is 13.3. The van der Waals surface area contributed by atoms with Crippen LogP contribution in [0.5, 0.6) is 5.75 Å². The van der Waals surface area contributed by atoms with Gasteiger partial charge in [0.05, 0.1) is 6.61 Å². The van der Waals surface area contributed by atoms with Gasteiger partial charge in [-0.25, -0.2) is 4.79 Å². The molecule has 102 valence electrons. The van der Waals surface area contributed by atoms with E-state index < -0.39 is 0 Å². The third-order valence-corrected chi connectivity index (χ3v) is 3.95. The maximum Gasteiger partial charge on any atom is 0.189 e. The molecule has 1 aliphatic heterocycles. The molecule has 1 atom stereocenters. The number of ether oxygens (including phenoxy) is 2. The number of hydrogen-bond acceptors (Lipinski definition) is 5. The molecule has 1 aromatic rings. The molecule has 0 spiro atoms. The van der Waals surface area contributed by atoms with Gasteiger partial charge in [-0.05, 0) is 24.1 Å². The highest BCUT2D eigenvalue weighted by atomic mass is 32.2. The molecule has 0 aliphatic carbocycles. The Kier molecular flexibility index (Phi) is 5.98. The molecule has 0 bridgehead atoms. The molecule has 2 rings (SSSR count). The lowest BCUT2D eigenvalue weighted by molar-refractivity contribution is 0.0309. The van der Waals surface area contributed by atoms with Gasteiger partial charge in [0, 0.05) is 23.7 Å². The molecule has 19 heavy (non-hydrogen) atoms. The molecule has 4 nitrogen and oxygen atoms in total. The van der Waals surface area contributed by atoms with E-state index in [1.807, 2.05) is 23.9 Å². The number of rotatable bonds is 7. The second kappa shape index (κ2) is 8.02. The van der Waals surface area contributed by atoms with Crippen LogP contribution in [0.1, 0.15) is 5.56 Å². The molecule has 0 amide bonds. The quantitative estimate of drug-likeness (QED) is 0.467. The fourth-order valence-electron chi connectivity index (χ4n) is 1.82. The van der Waals surface area contributed by atoms with E-state index in [0.717, 1.165) is 24.6 Å². The van der Waals surface area contributed by atoms with Crippen molar-refractivity contribution >= 4 is 17.7 Å². The Bertz CT molecular complexity index is 423. The van der Waals surface area contributed by atoms with E-state index in [1.54, 1.807) is 5.94 Å². The van der Waals surface area contributed by atoms with Crippen molar-refractivity contribution in [1.29, 1.82) is 0 Å². The van der Waals surface area contributed by atoms with Crippen LogP contribution in [0.2, 0.25) is 0 Å². The van der Waals surface area contributed by atoms with Gasteiger partial charge in [0.25, 0.3) is 0 Å². The summed E-state index contributed by atoms with van der Waals surface area (Å²) >= 11 is 1.97. The molecule has 1 unspecified atom stereocenters. The lowest BCUT2D eigenvalue weighted by Crippen LogP contribution is -2.14. The van der Waals surface area contributed by atoms with Crippen LogP contribution in [-0.4, -0.2) is 37.0 Å². The van der Waals surface area contributed by atoms with Crippen LogP contribution in [0.4, 0.5) is 0 Å². The van der Waals surface area contributed by atoms with Gasteiger partial charge in [-0.3, -0.25) is 0 Å². The van der Waals surface area contributed by atoms with E-state index >= 15 is 0 Å². The summed E-state index contributed by atoms with van der Waals surface area (Å²) in [5.41, 5.74) is 1.32. The van der Waals surface area contributed by atoms with E-state index in [1.165, 1.54) is 11.6 Å². The number of benzene rings is 1. The number of nitrogens with one attached hydrogen (secondary N) is 1. The number of carbonyl (C=O) groups excluding carboxylic acids is 1. The largest absolute Gasteiger partial charge is 0.468 e. The van der Waals surface area contributed by atoms with Crippen LogP contribution in [0.25, 0.3) is 0 Å². The van der Waals surface area contributed by atoms with Gasteiger partial charge in [0.1, 0.15) is 11.7 Å². The SMILES string of the molecule is O=C=CCOCOc1ccc(CC2CNCS2)cc1. The summed E-state index contributed by atoms with van der Waals surface area (Å²) in [5, 5.41) is 4.01. The topological polar surface area (TPSA) is 47.6 Å². The fourth-order valence-corrected chi connectivity index (χ4v) is 2.84. The predicted octanol–water partition coefficient (Wildman–Crippen LogP) is 1.63. The lowest BCUT2D eigenvalue weighted by Gasteiger charge is -2.09. The molecule has 1 N–H and O–H groups in total. The average Bonchev–Trinajstić information content (AvgIpc) is 2.93. The Balaban J connectivity index is 1.72. The van der Waals surface area contributed by atoms with Crippen LogP contribution in [-0.2, 0) is 16.0 Å². The summed E-state index contributed by atoms with van der Waals surface area (Å²) in [4.78, 5) is 9.91. The van der Waals surface area contributed by atoms with Crippen molar-refractivity contribution < 1.29 is 14.3 Å². The Morgan fingerprint density at radius 3 is 2.95 bits per heavy atom. The summed E-state index contributed by atoms with van der Waals surface area (Å²) < 4.78 is 10.5. The Morgan fingerprint density at radius 2 is 2.26 bits per heavy atom. The minimum Gasteiger partial charge on any atom is -0.468 e. The Morgan fingerprint density at radius 1 is 1.42 bits per heavy atom. The van der Waals surface area contributed by atoms with Gasteiger partial charge >= 0.3 is 0 Å². The second-order valence-electron chi connectivity index (χ2n) is 4.19. The standard InChI is InChI=1S/C14H17NO3S/c16-6-1-7-17-11-18-13-4-2-12(3-5-13)8-14-9-15-10-19-14/h1-5,14-15H,7-11H2. The van der Waals surface area contributed by atoms with Gasteiger partial charge < -0.3 is 14.8 Å². The van der Waals surface area contributed by atoms with Gasteiger partial charge in [-0.2, -0.15) is 0 Å². The highest BCUT2D eigenvalue weighted by molar-refractivity contribution is 8.00. The third-order valence-electron chi connectivity index (χ3n) is 2.77. The molecular formula is C14H17NO3S. The van der Waals surface area contributed by atoms with Gasteiger partial charge in [-0.15, -0.1) is 11.8 Å². The smallest absolute Gasteiger partial charge is 0.189 e. The minimum atomic E-state index is 0.139. The van der Waals surface area contributed by atoms with Gasteiger partial charge in [0.2, 0.25) is 0 Å². The summed E-state index contributed by atoms with van der Waals surface area (Å²) in [6.07, 6.45) is 2.36. The molecule has 0 radical (unpaired) electrons. The maximum absolute atomic E-state index is 9.91. The van der Waals surface area contributed by atoms with Crippen LogP contribution in [0.3, 0.4) is 0 Å². The summed E-state index contributed by atoms with van der Waals surface area (Å²) in [7, 11) is 0. The molecule has 5 heteroatoms. The van der Waals surface area contributed by atoms with Crippen molar-refractivity contribution in [1.82, 2.24) is 5.32 Å². The third kappa shape index (κ3) is 5.09. The molecular weight excluding hydrogens is 262 g/mol. The summed E-state index contributed by atoms with van der Waals surface area (Å²) in [5.74, 6) is 3.47. The van der Waals surface area contributed by atoms with E-state index in [4.69, 9.17) is 9.47 Å².